The van der Waals surface area contributed by atoms with Gasteiger partial charge in [0.15, 0.2) is 0 Å². The molecule has 2 aromatic carbocycles. The summed E-state index contributed by atoms with van der Waals surface area (Å²) in [6.07, 6.45) is 5.81. The zero-order valence-corrected chi connectivity index (χ0v) is 19.8. The van der Waals surface area contributed by atoms with Crippen molar-refractivity contribution in [3.8, 4) is 22.6 Å². The number of pyridine rings is 1. The summed E-state index contributed by atoms with van der Waals surface area (Å²) in [4.78, 5) is 32.1. The van der Waals surface area contributed by atoms with Crippen LogP contribution in [0.2, 0.25) is 0 Å². The lowest BCUT2D eigenvalue weighted by Crippen LogP contribution is -2.38. The van der Waals surface area contributed by atoms with E-state index < -0.39 is 0 Å². The Morgan fingerprint density at radius 2 is 1.83 bits per heavy atom. The van der Waals surface area contributed by atoms with Gasteiger partial charge in [-0.2, -0.15) is 5.10 Å². The number of nitrogens with two attached hydrogens (primary N) is 1. The Morgan fingerprint density at radius 3 is 2.61 bits per heavy atom. The fourth-order valence-corrected chi connectivity index (χ4v) is 4.21. The first-order valence-corrected chi connectivity index (χ1v) is 11.6. The van der Waals surface area contributed by atoms with Gasteiger partial charge in [-0.3, -0.25) is 14.3 Å². The van der Waals surface area contributed by atoms with Crippen LogP contribution in [0.15, 0.2) is 79.3 Å². The van der Waals surface area contributed by atoms with E-state index >= 15 is 0 Å². The molecule has 2 aromatic heterocycles. The van der Waals surface area contributed by atoms with Gasteiger partial charge in [0, 0.05) is 55.3 Å². The van der Waals surface area contributed by atoms with Crippen molar-refractivity contribution in [1.82, 2.24) is 25.0 Å². The van der Waals surface area contributed by atoms with Gasteiger partial charge in [0.05, 0.1) is 11.8 Å². The maximum absolute atomic E-state index is 13.1. The van der Waals surface area contributed by atoms with Crippen LogP contribution in [-0.4, -0.2) is 50.6 Å². The number of rotatable bonds is 6. The number of likely N-dealkylation sites (tertiary alicyclic amines) is 1. The smallest absolute Gasteiger partial charge is 0.255 e. The Labute approximate surface area is 208 Å². The molecule has 1 fully saturated rings. The number of nitrogen functional groups attached to an aromatic ring is 1. The molecule has 182 valence electrons. The summed E-state index contributed by atoms with van der Waals surface area (Å²) < 4.78 is 7.54. The van der Waals surface area contributed by atoms with Crippen LogP contribution in [0.1, 0.15) is 27.1 Å². The third-order valence-electron chi connectivity index (χ3n) is 6.07. The molecular weight excluding hydrogens is 456 g/mol. The van der Waals surface area contributed by atoms with Crippen LogP contribution in [0.5, 0.6) is 11.5 Å². The quantitative estimate of drug-likeness (QED) is 0.435. The molecular formula is C27H26N6O3. The molecule has 0 aliphatic carbocycles. The lowest BCUT2D eigenvalue weighted by atomic mass is 10.1. The van der Waals surface area contributed by atoms with E-state index in [9.17, 15) is 9.59 Å². The lowest BCUT2D eigenvalue weighted by Gasteiger charge is -2.18. The largest absolute Gasteiger partial charge is 0.457 e. The molecule has 9 heteroatoms. The van der Waals surface area contributed by atoms with E-state index in [4.69, 9.17) is 10.5 Å². The normalized spacial score (nSPS) is 15.0. The van der Waals surface area contributed by atoms with Gasteiger partial charge in [0.25, 0.3) is 11.8 Å². The van der Waals surface area contributed by atoms with Crippen molar-refractivity contribution in [3.63, 3.8) is 0 Å². The molecule has 3 heterocycles. The second-order valence-corrected chi connectivity index (χ2v) is 8.71. The third kappa shape index (κ3) is 5.05. The van der Waals surface area contributed by atoms with Crippen LogP contribution in [0.3, 0.4) is 0 Å². The van der Waals surface area contributed by atoms with Crippen molar-refractivity contribution >= 4 is 17.6 Å². The molecule has 0 unspecified atom stereocenters. The second kappa shape index (κ2) is 9.91. The summed E-state index contributed by atoms with van der Waals surface area (Å²) >= 11 is 0. The van der Waals surface area contributed by atoms with Gasteiger partial charge in [-0.15, -0.1) is 0 Å². The van der Waals surface area contributed by atoms with Crippen molar-refractivity contribution in [2.24, 2.45) is 7.05 Å². The van der Waals surface area contributed by atoms with Gasteiger partial charge in [0.2, 0.25) is 0 Å². The number of para-hydroxylation sites is 1. The Morgan fingerprint density at radius 1 is 1.03 bits per heavy atom. The summed E-state index contributed by atoms with van der Waals surface area (Å²) in [6.45, 7) is 0.945. The van der Waals surface area contributed by atoms with Crippen LogP contribution in [0, 0.1) is 0 Å². The first-order valence-electron chi connectivity index (χ1n) is 11.6. The predicted octanol–water partition coefficient (Wildman–Crippen LogP) is 3.50. The molecule has 2 amide bonds. The van der Waals surface area contributed by atoms with Gasteiger partial charge in [-0.25, -0.2) is 4.98 Å². The average Bonchev–Trinajstić information content (AvgIpc) is 3.54. The summed E-state index contributed by atoms with van der Waals surface area (Å²) in [6, 6.07) is 18.0. The number of nitrogens with zero attached hydrogens (tertiary/aromatic N) is 4. The number of benzene rings is 2. The minimum atomic E-state index is -0.316. The van der Waals surface area contributed by atoms with E-state index in [1.807, 2.05) is 49.6 Å². The minimum absolute atomic E-state index is 0.106. The first kappa shape index (κ1) is 23.1. The Kier molecular flexibility index (Phi) is 6.36. The summed E-state index contributed by atoms with van der Waals surface area (Å²) in [7, 11) is 1.82. The zero-order chi connectivity index (χ0) is 25.1. The third-order valence-corrected chi connectivity index (χ3v) is 6.07. The van der Waals surface area contributed by atoms with E-state index in [0.717, 1.165) is 11.1 Å². The van der Waals surface area contributed by atoms with E-state index in [1.54, 1.807) is 46.2 Å². The molecule has 0 bridgehead atoms. The number of nitrogens with one attached hydrogen (secondary N) is 1. The number of ether oxygens (including phenoxy) is 1. The predicted molar refractivity (Wildman–Crippen MR) is 136 cm³/mol. The lowest BCUT2D eigenvalue weighted by molar-refractivity contribution is 0.0783. The van der Waals surface area contributed by atoms with Crippen molar-refractivity contribution in [2.45, 2.75) is 12.5 Å². The summed E-state index contributed by atoms with van der Waals surface area (Å²) in [5, 5.41) is 7.16. The maximum Gasteiger partial charge on any atom is 0.255 e. The summed E-state index contributed by atoms with van der Waals surface area (Å²) in [5.74, 6) is 1.02. The van der Waals surface area contributed by atoms with Crippen LogP contribution < -0.4 is 15.8 Å². The fraction of sp³-hybridized carbons (Fsp3) is 0.185. The van der Waals surface area contributed by atoms with Crippen molar-refractivity contribution in [3.05, 3.63) is 90.4 Å². The van der Waals surface area contributed by atoms with Gasteiger partial charge >= 0.3 is 0 Å². The molecule has 3 N–H and O–H groups in total. The highest BCUT2D eigenvalue weighted by Gasteiger charge is 2.29. The zero-order valence-electron chi connectivity index (χ0n) is 19.8. The average molecular weight is 483 g/mol. The SMILES string of the molecule is Cn1cc(-c2cnc(N)c(C(=O)N[C@@H]3CCN(C(=O)c4cccc(Oc5ccccc5)c4)C3)c2)cn1. The van der Waals surface area contributed by atoms with Gasteiger partial charge < -0.3 is 20.7 Å². The number of amides is 2. The van der Waals surface area contributed by atoms with Crippen molar-refractivity contribution in [1.29, 1.82) is 0 Å². The topological polar surface area (TPSA) is 115 Å². The molecule has 5 rings (SSSR count). The van der Waals surface area contributed by atoms with E-state index in [2.05, 4.69) is 15.4 Å². The second-order valence-electron chi connectivity index (χ2n) is 8.71. The minimum Gasteiger partial charge on any atom is -0.457 e. The number of anilines is 1. The summed E-state index contributed by atoms with van der Waals surface area (Å²) in [5.41, 5.74) is 8.43. The Bertz CT molecular complexity index is 1400. The van der Waals surface area contributed by atoms with Crippen LogP contribution >= 0.6 is 0 Å². The molecule has 0 radical (unpaired) electrons. The van der Waals surface area contributed by atoms with Crippen LogP contribution in [-0.2, 0) is 7.05 Å². The van der Waals surface area contributed by atoms with Crippen molar-refractivity contribution < 1.29 is 14.3 Å². The molecule has 0 spiro atoms. The molecule has 0 saturated carbocycles. The highest BCUT2D eigenvalue weighted by atomic mass is 16.5. The number of aryl methyl sites for hydroxylation is 1. The highest BCUT2D eigenvalue weighted by molar-refractivity contribution is 6.00. The van der Waals surface area contributed by atoms with Gasteiger partial charge in [-0.1, -0.05) is 24.3 Å². The first-order chi connectivity index (χ1) is 17.5. The Hall–Kier alpha value is -4.66. The number of hydrogen-bond donors (Lipinski definition) is 2. The Balaban J connectivity index is 1.23. The standard InChI is InChI=1S/C27H26N6O3/c1-32-16-20(15-30-32)19-13-24(25(28)29-14-19)26(34)31-21-10-11-33(17-21)27(35)18-6-5-9-23(12-18)36-22-7-3-2-4-8-22/h2-9,12-16,21H,10-11,17H2,1H3,(H2,28,29)(H,31,34)/t21-/m1/s1. The maximum atomic E-state index is 13.1. The highest BCUT2D eigenvalue weighted by Crippen LogP contribution is 2.24. The van der Waals surface area contributed by atoms with Gasteiger partial charge in [-0.05, 0) is 42.8 Å². The van der Waals surface area contributed by atoms with Gasteiger partial charge in [0.1, 0.15) is 17.3 Å². The molecule has 1 saturated heterocycles. The molecule has 4 aromatic rings. The molecule has 9 nitrogen and oxygen atoms in total. The number of carbonyl (C=O) groups excluding carboxylic acids is 2. The molecule has 1 aliphatic rings. The molecule has 36 heavy (non-hydrogen) atoms. The van der Waals surface area contributed by atoms with E-state index in [0.29, 0.717) is 42.1 Å². The number of hydrogen-bond acceptors (Lipinski definition) is 6. The van der Waals surface area contributed by atoms with E-state index in [1.165, 1.54) is 0 Å². The molecule has 1 aliphatic heterocycles. The van der Waals surface area contributed by atoms with E-state index in [-0.39, 0.29) is 23.7 Å². The van der Waals surface area contributed by atoms with Crippen LogP contribution in [0.4, 0.5) is 5.82 Å². The number of carbonyl (C=O) groups is 2. The fourth-order valence-electron chi connectivity index (χ4n) is 4.21. The molecule has 1 atom stereocenters. The van der Waals surface area contributed by atoms with Crippen molar-refractivity contribution in [2.75, 3.05) is 18.8 Å². The number of aromatic nitrogens is 3. The van der Waals surface area contributed by atoms with Crippen LogP contribution in [0.25, 0.3) is 11.1 Å². The monoisotopic (exact) mass is 482 g/mol.